The predicted molar refractivity (Wildman–Crippen MR) is 75.4 cm³/mol. The number of amides is 1. The Morgan fingerprint density at radius 2 is 2.05 bits per heavy atom. The Morgan fingerprint density at radius 1 is 1.30 bits per heavy atom. The normalized spacial score (nSPS) is 19.7. The Bertz CT molecular complexity index is 461. The summed E-state index contributed by atoms with van der Waals surface area (Å²) >= 11 is 0. The fourth-order valence-electron chi connectivity index (χ4n) is 2.38. The molecule has 0 aromatic heterocycles. The molecule has 5 heteroatoms. The molecule has 1 heterocycles. The molecule has 20 heavy (non-hydrogen) atoms. The third kappa shape index (κ3) is 3.88. The van der Waals surface area contributed by atoms with Gasteiger partial charge in [0.05, 0.1) is 13.2 Å². The summed E-state index contributed by atoms with van der Waals surface area (Å²) in [6.07, 6.45) is 1.20. The van der Waals surface area contributed by atoms with E-state index in [0.29, 0.717) is 32.7 Å². The second-order valence-corrected chi connectivity index (χ2v) is 4.92. The van der Waals surface area contributed by atoms with Gasteiger partial charge >= 0.3 is 0 Å². The van der Waals surface area contributed by atoms with E-state index in [9.17, 15) is 9.59 Å². The van der Waals surface area contributed by atoms with E-state index in [2.05, 4.69) is 0 Å². The molecule has 1 amide bonds. The molecule has 1 atom stereocenters. The second-order valence-electron chi connectivity index (χ2n) is 4.92. The largest absolute Gasteiger partial charge is 0.378 e. The van der Waals surface area contributed by atoms with E-state index < -0.39 is 0 Å². The molecule has 0 saturated carbocycles. The van der Waals surface area contributed by atoms with Crippen LogP contribution in [0.4, 0.5) is 0 Å². The first kappa shape index (κ1) is 14.7. The molecule has 108 valence electrons. The molecule has 0 bridgehead atoms. The molecule has 0 spiro atoms. The van der Waals surface area contributed by atoms with Crippen molar-refractivity contribution in [1.82, 2.24) is 4.90 Å². The van der Waals surface area contributed by atoms with Gasteiger partial charge in [0.25, 0.3) is 0 Å². The fraction of sp³-hybridized carbons (Fsp3) is 0.467. The van der Waals surface area contributed by atoms with Gasteiger partial charge in [0.1, 0.15) is 6.04 Å². The van der Waals surface area contributed by atoms with Crippen LogP contribution in [-0.4, -0.2) is 48.9 Å². The summed E-state index contributed by atoms with van der Waals surface area (Å²) < 4.78 is 5.26. The number of hydrogen-bond acceptors (Lipinski definition) is 4. The number of morpholine rings is 1. The predicted octanol–water partition coefficient (Wildman–Crippen LogP) is 0.836. The van der Waals surface area contributed by atoms with Crippen LogP contribution in [0.2, 0.25) is 0 Å². The van der Waals surface area contributed by atoms with Gasteiger partial charge in [-0.05, 0) is 13.0 Å². The minimum absolute atomic E-state index is 0.134. The molecular formula is C15H20N2O3. The summed E-state index contributed by atoms with van der Waals surface area (Å²) in [5.74, 6) is -0.228. The van der Waals surface area contributed by atoms with Crippen LogP contribution in [0.3, 0.4) is 0 Å². The van der Waals surface area contributed by atoms with Crippen LogP contribution < -0.4 is 5.73 Å². The Balaban J connectivity index is 1.80. The van der Waals surface area contributed by atoms with Crippen molar-refractivity contribution in [3.8, 4) is 0 Å². The number of carbonyl (C=O) groups excluding carboxylic acids is 2. The van der Waals surface area contributed by atoms with Crippen molar-refractivity contribution >= 4 is 11.7 Å². The maximum absolute atomic E-state index is 12.0. The van der Waals surface area contributed by atoms with E-state index in [4.69, 9.17) is 10.5 Å². The van der Waals surface area contributed by atoms with Crippen LogP contribution in [0.1, 0.15) is 23.2 Å². The number of Topliss-reactive ketones (excluding diaryl/α,β-unsaturated/α-hetero) is 1. The van der Waals surface area contributed by atoms with Gasteiger partial charge < -0.3 is 10.5 Å². The van der Waals surface area contributed by atoms with Crippen LogP contribution >= 0.6 is 0 Å². The Hall–Kier alpha value is -1.72. The van der Waals surface area contributed by atoms with Crippen LogP contribution in [0, 0.1) is 0 Å². The molecule has 1 aromatic rings. The van der Waals surface area contributed by atoms with Gasteiger partial charge in [0, 0.05) is 18.5 Å². The van der Waals surface area contributed by atoms with E-state index in [1.807, 2.05) is 35.2 Å². The van der Waals surface area contributed by atoms with Crippen LogP contribution in [0.15, 0.2) is 30.3 Å². The third-order valence-corrected chi connectivity index (χ3v) is 3.51. The topological polar surface area (TPSA) is 72.6 Å². The minimum Gasteiger partial charge on any atom is -0.378 e. The van der Waals surface area contributed by atoms with Gasteiger partial charge in [-0.3, -0.25) is 14.5 Å². The van der Waals surface area contributed by atoms with Crippen LogP contribution in [-0.2, 0) is 9.53 Å². The van der Waals surface area contributed by atoms with Crippen LogP contribution in [0.5, 0.6) is 0 Å². The molecule has 1 fully saturated rings. The van der Waals surface area contributed by atoms with Gasteiger partial charge in [-0.1, -0.05) is 30.3 Å². The maximum atomic E-state index is 12.0. The number of nitrogens with two attached hydrogens (primary N) is 1. The van der Waals surface area contributed by atoms with Gasteiger partial charge in [0.15, 0.2) is 5.78 Å². The van der Waals surface area contributed by atoms with Gasteiger partial charge in [-0.15, -0.1) is 0 Å². The molecule has 0 radical (unpaired) electrons. The van der Waals surface area contributed by atoms with E-state index in [0.717, 1.165) is 12.0 Å². The van der Waals surface area contributed by atoms with Crippen molar-refractivity contribution in [1.29, 1.82) is 0 Å². The number of primary amides is 1. The van der Waals surface area contributed by atoms with Crippen molar-refractivity contribution in [2.75, 3.05) is 26.3 Å². The molecule has 2 N–H and O–H groups in total. The quantitative estimate of drug-likeness (QED) is 0.781. The molecule has 1 aliphatic heterocycles. The van der Waals surface area contributed by atoms with Crippen molar-refractivity contribution in [2.45, 2.75) is 18.9 Å². The fourth-order valence-corrected chi connectivity index (χ4v) is 2.38. The summed E-state index contributed by atoms with van der Waals surface area (Å²) in [6.45, 7) is 2.33. The lowest BCUT2D eigenvalue weighted by atomic mass is 10.1. The molecule has 5 nitrogen and oxygen atoms in total. The molecule has 2 rings (SSSR count). The van der Waals surface area contributed by atoms with Crippen molar-refractivity contribution in [3.05, 3.63) is 35.9 Å². The number of ether oxygens (including phenoxy) is 1. The standard InChI is InChI=1S/C15H20N2O3/c16-15(19)13-11-20-10-9-17(13)8-4-7-14(18)12-5-2-1-3-6-12/h1-3,5-6,13H,4,7-11H2,(H2,16,19). The van der Waals surface area contributed by atoms with E-state index in [1.54, 1.807) is 0 Å². The first-order valence-electron chi connectivity index (χ1n) is 6.88. The minimum atomic E-state index is -0.365. The molecule has 1 unspecified atom stereocenters. The number of carbonyl (C=O) groups is 2. The molecule has 1 aromatic carbocycles. The highest BCUT2D eigenvalue weighted by Gasteiger charge is 2.27. The SMILES string of the molecule is NC(=O)C1COCCN1CCCC(=O)c1ccccc1. The average Bonchev–Trinajstić information content (AvgIpc) is 2.48. The Morgan fingerprint density at radius 3 is 2.75 bits per heavy atom. The highest BCUT2D eigenvalue weighted by atomic mass is 16.5. The maximum Gasteiger partial charge on any atom is 0.237 e. The molecule has 1 saturated heterocycles. The Kier molecular flexibility index (Phi) is 5.26. The van der Waals surface area contributed by atoms with E-state index in [1.165, 1.54) is 0 Å². The van der Waals surface area contributed by atoms with Gasteiger partial charge in [-0.25, -0.2) is 0 Å². The molecule has 1 aliphatic rings. The smallest absolute Gasteiger partial charge is 0.237 e. The third-order valence-electron chi connectivity index (χ3n) is 3.51. The first-order chi connectivity index (χ1) is 9.68. The van der Waals surface area contributed by atoms with Crippen molar-refractivity contribution in [2.24, 2.45) is 5.73 Å². The van der Waals surface area contributed by atoms with Crippen LogP contribution in [0.25, 0.3) is 0 Å². The highest BCUT2D eigenvalue weighted by molar-refractivity contribution is 5.95. The first-order valence-corrected chi connectivity index (χ1v) is 6.88. The zero-order chi connectivity index (χ0) is 14.4. The number of nitrogens with zero attached hydrogens (tertiary/aromatic N) is 1. The van der Waals surface area contributed by atoms with E-state index in [-0.39, 0.29) is 17.7 Å². The average molecular weight is 276 g/mol. The van der Waals surface area contributed by atoms with Gasteiger partial charge in [-0.2, -0.15) is 0 Å². The summed E-state index contributed by atoms with van der Waals surface area (Å²) in [6, 6.07) is 8.89. The van der Waals surface area contributed by atoms with Crippen molar-refractivity contribution < 1.29 is 14.3 Å². The summed E-state index contributed by atoms with van der Waals surface area (Å²) in [7, 11) is 0. The molecule has 0 aliphatic carbocycles. The lowest BCUT2D eigenvalue weighted by molar-refractivity contribution is -0.129. The highest BCUT2D eigenvalue weighted by Crippen LogP contribution is 2.10. The number of benzene rings is 1. The lowest BCUT2D eigenvalue weighted by Crippen LogP contribution is -2.52. The number of rotatable bonds is 6. The van der Waals surface area contributed by atoms with Gasteiger partial charge in [0.2, 0.25) is 5.91 Å². The number of hydrogen-bond donors (Lipinski definition) is 1. The summed E-state index contributed by atoms with van der Waals surface area (Å²) in [4.78, 5) is 25.3. The van der Waals surface area contributed by atoms with Crippen molar-refractivity contribution in [3.63, 3.8) is 0 Å². The zero-order valence-electron chi connectivity index (χ0n) is 11.5. The zero-order valence-corrected chi connectivity index (χ0v) is 11.5. The monoisotopic (exact) mass is 276 g/mol. The second kappa shape index (κ2) is 7.17. The number of ketones is 1. The lowest BCUT2D eigenvalue weighted by Gasteiger charge is -2.33. The summed E-state index contributed by atoms with van der Waals surface area (Å²) in [5.41, 5.74) is 6.09. The molecular weight excluding hydrogens is 256 g/mol. The van der Waals surface area contributed by atoms with E-state index >= 15 is 0 Å². The Labute approximate surface area is 118 Å². The summed E-state index contributed by atoms with van der Waals surface area (Å²) in [5, 5.41) is 0.